The van der Waals surface area contributed by atoms with Crippen molar-refractivity contribution in [1.29, 1.82) is 0 Å². The summed E-state index contributed by atoms with van der Waals surface area (Å²) >= 11 is 0. The predicted molar refractivity (Wildman–Crippen MR) is 262 cm³/mol. The molecule has 0 aromatic rings. The average molecular weight is 1140 g/mol. The van der Waals surface area contributed by atoms with Crippen molar-refractivity contribution in [1.82, 2.24) is 0 Å². The van der Waals surface area contributed by atoms with Gasteiger partial charge >= 0.3 is 11.9 Å². The molecular formula is C52H83O27+. The van der Waals surface area contributed by atoms with Gasteiger partial charge in [0.2, 0.25) is 0 Å². The second kappa shape index (κ2) is 27.9. The van der Waals surface area contributed by atoms with E-state index in [1.807, 2.05) is 0 Å². The lowest BCUT2D eigenvalue weighted by Crippen LogP contribution is -2.66. The molecule has 4 aliphatic heterocycles. The third-order valence-electron chi connectivity index (χ3n) is 17.3. The number of fused-ring (bicyclic) bond motifs is 1. The van der Waals surface area contributed by atoms with Gasteiger partial charge in [-0.2, -0.15) is 0 Å². The first kappa shape index (κ1) is 62.5. The van der Waals surface area contributed by atoms with Crippen LogP contribution in [0.1, 0.15) is 77.0 Å². The third kappa shape index (κ3) is 15.1. The average Bonchev–Trinajstić information content (AvgIpc) is 3.59. The van der Waals surface area contributed by atoms with Gasteiger partial charge in [0.05, 0.1) is 61.4 Å². The minimum Gasteiger partial charge on any atom is -0.460 e. The zero-order valence-corrected chi connectivity index (χ0v) is 43.9. The fourth-order valence-electron chi connectivity index (χ4n) is 12.5. The van der Waals surface area contributed by atoms with Crippen LogP contribution in [0.15, 0.2) is 24.3 Å². The molecule has 0 radical (unpaired) electrons. The van der Waals surface area contributed by atoms with Gasteiger partial charge in [-0.05, 0) is 76.0 Å². The van der Waals surface area contributed by atoms with Crippen LogP contribution < -0.4 is 0 Å². The molecule has 0 aromatic heterocycles. The van der Waals surface area contributed by atoms with E-state index in [9.17, 15) is 86.2 Å². The van der Waals surface area contributed by atoms with Crippen LogP contribution in [0.4, 0.5) is 0 Å². The molecule has 4 heterocycles. The first-order valence-electron chi connectivity index (χ1n) is 27.6. The van der Waals surface area contributed by atoms with Gasteiger partial charge in [-0.25, -0.2) is 9.59 Å². The molecule has 0 spiro atoms. The van der Waals surface area contributed by atoms with Gasteiger partial charge < -0.3 is 124 Å². The van der Waals surface area contributed by atoms with E-state index >= 15 is 0 Å². The number of aliphatic hydroxyl groups is 17. The molecule has 4 saturated heterocycles. The van der Waals surface area contributed by atoms with E-state index in [0.29, 0.717) is 38.5 Å². The minimum atomic E-state index is -2.05. The first-order valence-corrected chi connectivity index (χ1v) is 27.6. The molecule has 27 nitrogen and oxygen atoms in total. The Morgan fingerprint density at radius 2 is 1.00 bits per heavy atom. The monoisotopic (exact) mass is 1140 g/mol. The lowest BCUT2D eigenvalue weighted by molar-refractivity contribution is -0.390. The summed E-state index contributed by atoms with van der Waals surface area (Å²) in [7, 11) is 1.46. The van der Waals surface area contributed by atoms with Crippen LogP contribution in [0.25, 0.3) is 0 Å². The topological polar surface area (TPSA) is 433 Å². The molecule has 0 aromatic carbocycles. The van der Waals surface area contributed by atoms with Gasteiger partial charge in [0.25, 0.3) is 0 Å². The Labute approximate surface area is 455 Å². The molecule has 4 saturated carbocycles. The van der Waals surface area contributed by atoms with E-state index in [0.717, 1.165) is 12.2 Å². The Hall–Kier alpha value is -2.50. The van der Waals surface area contributed by atoms with Crippen molar-refractivity contribution in [2.24, 2.45) is 23.7 Å². The van der Waals surface area contributed by atoms with E-state index in [2.05, 4.69) is 0 Å². The van der Waals surface area contributed by atoms with Gasteiger partial charge in [0.1, 0.15) is 92.6 Å². The van der Waals surface area contributed by atoms with Gasteiger partial charge in [-0.1, -0.05) is 12.2 Å². The Morgan fingerprint density at radius 3 is 1.56 bits per heavy atom. The van der Waals surface area contributed by atoms with Gasteiger partial charge in [-0.3, -0.25) is 0 Å². The Kier molecular flexibility index (Phi) is 22.1. The maximum absolute atomic E-state index is 13.1. The number of esters is 2. The van der Waals surface area contributed by atoms with Crippen LogP contribution in [0.5, 0.6) is 0 Å². The number of ether oxygens (including phenoxy) is 10. The van der Waals surface area contributed by atoms with Gasteiger partial charge in [0, 0.05) is 38.0 Å². The molecule has 0 bridgehead atoms. The van der Waals surface area contributed by atoms with Crippen molar-refractivity contribution in [3.05, 3.63) is 24.3 Å². The number of aliphatic hydroxyl groups excluding tert-OH is 15. The number of allylic oxidation sites excluding steroid dienone is 2. The molecule has 0 amide bonds. The highest BCUT2D eigenvalue weighted by Crippen LogP contribution is 2.45. The fourth-order valence-corrected chi connectivity index (χ4v) is 12.5. The minimum absolute atomic E-state index is 0.0281. The van der Waals surface area contributed by atoms with Crippen molar-refractivity contribution >= 4 is 11.9 Å². The second-order valence-electron chi connectivity index (χ2n) is 22.7. The number of rotatable bonds is 17. The molecule has 16 N–H and O–H groups in total. The summed E-state index contributed by atoms with van der Waals surface area (Å²) in [6.45, 7) is -2.10. The Balaban J connectivity index is 1.05. The maximum Gasteiger partial charge on any atom is 0.330 e. The molecule has 30 unspecified atom stereocenters. The van der Waals surface area contributed by atoms with E-state index in [1.165, 1.54) is 19.3 Å². The molecule has 8 rings (SSSR count). The number of carbonyl (C=O) groups is 2. The first-order chi connectivity index (χ1) is 37.6. The number of hydrogen-bond donors (Lipinski definition) is 15. The van der Waals surface area contributed by atoms with Crippen molar-refractivity contribution in [3.63, 3.8) is 0 Å². The van der Waals surface area contributed by atoms with Crippen molar-refractivity contribution in [2.75, 3.05) is 26.9 Å². The molecule has 8 fully saturated rings. The third-order valence-corrected chi connectivity index (χ3v) is 17.3. The predicted octanol–water partition coefficient (Wildman–Crippen LogP) is -5.95. The molecule has 452 valence electrons. The smallest absolute Gasteiger partial charge is 0.330 e. The van der Waals surface area contributed by atoms with Crippen LogP contribution in [-0.4, -0.2) is 279 Å². The van der Waals surface area contributed by atoms with Crippen molar-refractivity contribution < 1.29 is 134 Å². The highest BCUT2D eigenvalue weighted by atomic mass is 16.8. The summed E-state index contributed by atoms with van der Waals surface area (Å²) in [6, 6.07) is 0. The largest absolute Gasteiger partial charge is 0.460 e. The van der Waals surface area contributed by atoms with Gasteiger partial charge in [-0.15, -0.1) is 0 Å². The van der Waals surface area contributed by atoms with E-state index < -0.39 is 197 Å². The Morgan fingerprint density at radius 1 is 0.494 bits per heavy atom. The highest BCUT2D eigenvalue weighted by Gasteiger charge is 2.58. The summed E-state index contributed by atoms with van der Waals surface area (Å²) in [6.07, 6.45) is -27.8. The molecule has 8 aliphatic rings. The van der Waals surface area contributed by atoms with Crippen LogP contribution >= 0.6 is 0 Å². The van der Waals surface area contributed by atoms with E-state index in [1.54, 1.807) is 0 Å². The maximum atomic E-state index is 13.1. The van der Waals surface area contributed by atoms with Gasteiger partial charge in [0.15, 0.2) is 31.1 Å². The van der Waals surface area contributed by atoms with Crippen LogP contribution in [-0.2, 0) is 52.2 Å². The van der Waals surface area contributed by atoms with Crippen molar-refractivity contribution in [2.45, 2.75) is 236 Å². The Bertz CT molecular complexity index is 2000. The molecular weight excluding hydrogens is 1060 g/mol. The summed E-state index contributed by atoms with van der Waals surface area (Å²) in [4.78, 5) is 25.9. The summed E-state index contributed by atoms with van der Waals surface area (Å²) in [5, 5.41) is 161. The zero-order chi connectivity index (χ0) is 57.0. The van der Waals surface area contributed by atoms with E-state index in [-0.39, 0.29) is 56.3 Å². The van der Waals surface area contributed by atoms with Crippen LogP contribution in [0, 0.1) is 23.7 Å². The quantitative estimate of drug-likeness (QED) is 0.0366. The summed E-state index contributed by atoms with van der Waals surface area (Å²) < 4.78 is 59.0. The zero-order valence-electron chi connectivity index (χ0n) is 43.9. The molecule has 27 heteroatoms. The fraction of sp³-hybridized carbons (Fsp3) is 0.885. The summed E-state index contributed by atoms with van der Waals surface area (Å²) in [5.41, 5.74) is 0. The number of methoxy groups -OCH3 is 1. The van der Waals surface area contributed by atoms with E-state index in [4.69, 9.17) is 47.4 Å². The standard InChI is InChI=1S/C52H82O27/c1-70-33-14-23(6-9-28(33)57)48-34(17-25-31(73-48)15-24(54)16-32(25)74-50-46(68)43(65)40(62)35(18-53)76-50)75-52-49(45(67)42(64)37(78-52)20-72-39(61)11-5-22-3-8-27(56)30(59)13-22)79-51-47(69)44(66)41(63)36(77-51)19-71-38(60)10-4-21-2-7-26(55)29(58)12-21/h4-5,10-11,21-37,40-59,62-69H,2-3,6-9,12-20H2,1H3/p+1. The number of carbonyl (C=O) groups excluding carboxylic acids is 2. The normalized spacial score (nSPS) is 49.1. The lowest BCUT2D eigenvalue weighted by Gasteiger charge is -2.51. The van der Waals surface area contributed by atoms with Crippen LogP contribution in [0.3, 0.4) is 0 Å². The molecule has 30 atom stereocenters. The SMILES string of the molecule is COC1CC(C2[OH+]C3CC(O)CC(OC4OC(CO)C(O)C(O)C4O)C3CC2OC2OC(COC(=O)C=CC3CCC(O)C(O)C3)C(O)C(O)C2OC2OC(COC(=O)C=CC3CCC(O)C(O)C3)C(O)C(O)C2O)CCC1O. The number of hydrogen-bond acceptors (Lipinski definition) is 26. The summed E-state index contributed by atoms with van der Waals surface area (Å²) in [5.74, 6) is -3.28. The van der Waals surface area contributed by atoms with Crippen molar-refractivity contribution in [3.8, 4) is 0 Å². The second-order valence-corrected chi connectivity index (χ2v) is 22.7. The highest BCUT2D eigenvalue weighted by molar-refractivity contribution is 5.82. The molecule has 4 aliphatic carbocycles. The lowest BCUT2D eigenvalue weighted by atomic mass is 9.72. The molecule has 79 heavy (non-hydrogen) atoms. The van der Waals surface area contributed by atoms with Crippen LogP contribution in [0.2, 0.25) is 0 Å².